The Morgan fingerprint density at radius 3 is 2.26 bits per heavy atom. The molecule has 53 heavy (non-hydrogen) atoms. The Kier molecular flexibility index (Phi) is 11.1. The molecule has 0 radical (unpaired) electrons. The number of nitrogens with one attached hydrogen (secondary N) is 2. The van der Waals surface area contributed by atoms with Gasteiger partial charge in [-0.15, -0.1) is 0 Å². The molecule has 0 aliphatic carbocycles. The number of hydrogen-bond acceptors (Lipinski definition) is 5. The van der Waals surface area contributed by atoms with E-state index in [2.05, 4.69) is 72.0 Å². The van der Waals surface area contributed by atoms with E-state index < -0.39 is 0 Å². The summed E-state index contributed by atoms with van der Waals surface area (Å²) in [7, 11) is 0. The van der Waals surface area contributed by atoms with Gasteiger partial charge in [-0.1, -0.05) is 112 Å². The average molecular weight is 708 g/mol. The summed E-state index contributed by atoms with van der Waals surface area (Å²) < 4.78 is 0. The molecule has 1 saturated heterocycles. The van der Waals surface area contributed by atoms with E-state index in [4.69, 9.17) is 9.97 Å². The lowest BCUT2D eigenvalue weighted by atomic mass is 10.0. The van der Waals surface area contributed by atoms with E-state index >= 15 is 0 Å². The summed E-state index contributed by atoms with van der Waals surface area (Å²) in [5.41, 5.74) is 8.01. The van der Waals surface area contributed by atoms with Crippen LogP contribution < -0.4 is 0 Å². The van der Waals surface area contributed by atoms with E-state index in [-0.39, 0.29) is 23.9 Å². The second kappa shape index (κ2) is 16.4. The van der Waals surface area contributed by atoms with Crippen LogP contribution in [0.1, 0.15) is 74.9 Å². The number of fused-ring (bicyclic) bond motifs is 1. The fourth-order valence-corrected chi connectivity index (χ4v) is 7.66. The lowest BCUT2D eigenvalue weighted by molar-refractivity contribution is -0.138. The van der Waals surface area contributed by atoms with Crippen molar-refractivity contribution in [3.05, 3.63) is 132 Å². The molecule has 2 aromatic heterocycles. The standard InChI is InChI=1S/C44H49N7O2/c1-4-25-50(44(53)42(49(5-2)6-3)34-16-11-8-12-17-34)30-40-46-36-24-23-35(28-37(36)47-40)32-19-21-33(22-20-32)38-29-45-43(48-38)39-18-13-26-51(39)41(52)27-31-14-9-7-10-15-31/h7-12,14-17,19-24,28-29,39,42H,4-6,13,18,25-27,30H2,1-3H3,(H,45,48)(H,46,47)/t39-,42+/m0/s1. The number of H-pyrrole nitrogens is 2. The summed E-state index contributed by atoms with van der Waals surface area (Å²) in [6.45, 7) is 9.73. The van der Waals surface area contributed by atoms with E-state index in [9.17, 15) is 9.59 Å². The Morgan fingerprint density at radius 1 is 0.849 bits per heavy atom. The fraction of sp³-hybridized carbons (Fsp3) is 0.318. The third kappa shape index (κ3) is 7.95. The normalized spacial score (nSPS) is 14.9. The van der Waals surface area contributed by atoms with Gasteiger partial charge in [0.25, 0.3) is 0 Å². The summed E-state index contributed by atoms with van der Waals surface area (Å²) in [4.78, 5) is 50.2. The van der Waals surface area contributed by atoms with Crippen molar-refractivity contribution in [2.45, 2.75) is 65.1 Å². The highest BCUT2D eigenvalue weighted by molar-refractivity contribution is 5.84. The fourth-order valence-electron chi connectivity index (χ4n) is 7.66. The molecule has 1 fully saturated rings. The molecule has 3 heterocycles. The molecule has 6 aromatic rings. The van der Waals surface area contributed by atoms with Crippen LogP contribution >= 0.6 is 0 Å². The first-order chi connectivity index (χ1) is 25.9. The van der Waals surface area contributed by atoms with Crippen molar-refractivity contribution >= 4 is 22.8 Å². The van der Waals surface area contributed by atoms with Gasteiger partial charge in [-0.3, -0.25) is 14.5 Å². The Bertz CT molecular complexity index is 2120. The van der Waals surface area contributed by atoms with Crippen LogP contribution in [0, 0.1) is 0 Å². The minimum atomic E-state index is -0.336. The topological polar surface area (TPSA) is 101 Å². The Morgan fingerprint density at radius 2 is 1.55 bits per heavy atom. The number of imidazole rings is 2. The zero-order chi connectivity index (χ0) is 36.7. The van der Waals surface area contributed by atoms with Gasteiger partial charge in [0.15, 0.2) is 0 Å². The zero-order valence-corrected chi connectivity index (χ0v) is 31.0. The van der Waals surface area contributed by atoms with E-state index in [1.54, 1.807) is 0 Å². The van der Waals surface area contributed by atoms with E-state index in [1.807, 2.05) is 82.7 Å². The van der Waals surface area contributed by atoms with E-state index in [0.29, 0.717) is 19.5 Å². The SMILES string of the molecule is CCCN(Cc1nc2ccc(-c3ccc(-c4cnc([C@@H]5CCCN5C(=O)Cc5ccccc5)[nH]4)cc3)cc2[nH]1)C(=O)[C@@H](c1ccccc1)N(CC)CC. The summed E-state index contributed by atoms with van der Waals surface area (Å²) >= 11 is 0. The Labute approximate surface area is 312 Å². The molecule has 0 unspecified atom stereocenters. The van der Waals surface area contributed by atoms with Gasteiger partial charge in [-0.05, 0) is 72.3 Å². The molecule has 272 valence electrons. The van der Waals surface area contributed by atoms with Gasteiger partial charge in [0.1, 0.15) is 17.7 Å². The van der Waals surface area contributed by atoms with Crippen molar-refractivity contribution in [2.24, 2.45) is 0 Å². The maximum atomic E-state index is 14.2. The number of carbonyl (C=O) groups excluding carboxylic acids is 2. The van der Waals surface area contributed by atoms with Crippen molar-refractivity contribution in [1.82, 2.24) is 34.6 Å². The van der Waals surface area contributed by atoms with Crippen molar-refractivity contribution in [2.75, 3.05) is 26.2 Å². The number of benzene rings is 4. The first-order valence-electron chi connectivity index (χ1n) is 19.0. The zero-order valence-electron chi connectivity index (χ0n) is 31.0. The molecule has 7 rings (SSSR count). The average Bonchev–Trinajstić information content (AvgIpc) is 3.97. The Balaban J connectivity index is 1.05. The highest BCUT2D eigenvalue weighted by Crippen LogP contribution is 2.33. The van der Waals surface area contributed by atoms with Crippen LogP contribution in [0.3, 0.4) is 0 Å². The molecule has 1 aliphatic heterocycles. The van der Waals surface area contributed by atoms with Crippen LogP contribution in [0.2, 0.25) is 0 Å². The maximum absolute atomic E-state index is 14.2. The van der Waals surface area contributed by atoms with Crippen LogP contribution in [0.15, 0.2) is 109 Å². The van der Waals surface area contributed by atoms with Gasteiger partial charge in [0.05, 0.1) is 41.9 Å². The maximum Gasteiger partial charge on any atom is 0.244 e. The predicted molar refractivity (Wildman–Crippen MR) is 211 cm³/mol. The van der Waals surface area contributed by atoms with Crippen LogP contribution in [0.4, 0.5) is 0 Å². The number of likely N-dealkylation sites (N-methyl/N-ethyl adjacent to an activating group) is 1. The van der Waals surface area contributed by atoms with Gasteiger partial charge in [-0.2, -0.15) is 0 Å². The molecule has 4 aromatic carbocycles. The van der Waals surface area contributed by atoms with E-state index in [1.165, 1.54) is 0 Å². The van der Waals surface area contributed by atoms with Gasteiger partial charge in [-0.25, -0.2) is 9.97 Å². The molecular weight excluding hydrogens is 659 g/mol. The third-order valence-electron chi connectivity index (χ3n) is 10.4. The second-order valence-electron chi connectivity index (χ2n) is 13.9. The van der Waals surface area contributed by atoms with Crippen LogP contribution in [0.5, 0.6) is 0 Å². The lowest BCUT2D eigenvalue weighted by Crippen LogP contribution is -2.43. The molecule has 2 amide bonds. The summed E-state index contributed by atoms with van der Waals surface area (Å²) in [5.74, 6) is 1.86. The first-order valence-corrected chi connectivity index (χ1v) is 19.0. The molecule has 9 nitrogen and oxygen atoms in total. The smallest absolute Gasteiger partial charge is 0.244 e. The molecule has 0 bridgehead atoms. The van der Waals surface area contributed by atoms with Gasteiger partial charge in [0.2, 0.25) is 11.8 Å². The predicted octanol–water partition coefficient (Wildman–Crippen LogP) is 8.35. The van der Waals surface area contributed by atoms with Crippen LogP contribution in [0.25, 0.3) is 33.4 Å². The van der Waals surface area contributed by atoms with Crippen molar-refractivity contribution in [3.63, 3.8) is 0 Å². The highest BCUT2D eigenvalue weighted by Gasteiger charge is 2.32. The number of nitrogens with zero attached hydrogens (tertiary/aromatic N) is 5. The Hall–Kier alpha value is -5.54. The number of hydrogen-bond donors (Lipinski definition) is 2. The molecule has 9 heteroatoms. The summed E-state index contributed by atoms with van der Waals surface area (Å²) in [5, 5.41) is 0. The second-order valence-corrected chi connectivity index (χ2v) is 13.9. The summed E-state index contributed by atoms with van der Waals surface area (Å²) in [6, 6.07) is 34.4. The van der Waals surface area contributed by atoms with Crippen molar-refractivity contribution in [3.8, 4) is 22.4 Å². The quantitative estimate of drug-likeness (QED) is 0.119. The largest absolute Gasteiger partial charge is 0.340 e. The molecule has 0 saturated carbocycles. The molecular formula is C44H49N7O2. The van der Waals surface area contributed by atoms with Crippen LogP contribution in [-0.2, 0) is 22.6 Å². The molecule has 2 atom stereocenters. The summed E-state index contributed by atoms with van der Waals surface area (Å²) in [6.07, 6.45) is 5.01. The monoisotopic (exact) mass is 707 g/mol. The molecule has 1 aliphatic rings. The molecule has 0 spiro atoms. The lowest BCUT2D eigenvalue weighted by Gasteiger charge is -2.33. The third-order valence-corrected chi connectivity index (χ3v) is 10.4. The van der Waals surface area contributed by atoms with Gasteiger partial charge >= 0.3 is 0 Å². The van der Waals surface area contributed by atoms with Gasteiger partial charge < -0.3 is 19.8 Å². The molecule has 2 N–H and O–H groups in total. The van der Waals surface area contributed by atoms with Crippen molar-refractivity contribution in [1.29, 1.82) is 0 Å². The number of aromatic amines is 2. The number of rotatable bonds is 14. The van der Waals surface area contributed by atoms with E-state index in [0.717, 1.165) is 95.1 Å². The van der Waals surface area contributed by atoms with Gasteiger partial charge in [0, 0.05) is 13.1 Å². The van der Waals surface area contributed by atoms with Crippen molar-refractivity contribution < 1.29 is 9.59 Å². The minimum absolute atomic E-state index is 0.0369. The highest BCUT2D eigenvalue weighted by atomic mass is 16.2. The number of amides is 2. The first kappa shape index (κ1) is 35.8. The van der Waals surface area contributed by atoms with Crippen LogP contribution in [-0.4, -0.2) is 72.6 Å². The number of aromatic nitrogens is 4. The minimum Gasteiger partial charge on any atom is -0.340 e. The number of carbonyl (C=O) groups is 2. The number of likely N-dealkylation sites (tertiary alicyclic amines) is 1.